The van der Waals surface area contributed by atoms with Crippen LogP contribution in [-0.2, 0) is 11.3 Å². The summed E-state index contributed by atoms with van der Waals surface area (Å²) in [4.78, 5) is 19.5. The number of hydrogen-bond acceptors (Lipinski definition) is 4. The van der Waals surface area contributed by atoms with Crippen LogP contribution in [0.5, 0.6) is 0 Å². The molecule has 0 unspecified atom stereocenters. The van der Waals surface area contributed by atoms with Crippen molar-refractivity contribution in [3.63, 3.8) is 0 Å². The molecule has 0 atom stereocenters. The van der Waals surface area contributed by atoms with E-state index < -0.39 is 5.97 Å². The smallest absolute Gasteiger partial charge is 0.313 e. The number of aromatic nitrogens is 3. The number of aliphatic carboxylic acids is 1. The van der Waals surface area contributed by atoms with Gasteiger partial charge in [-0.2, -0.15) is 0 Å². The molecule has 5 nitrogen and oxygen atoms in total. The Morgan fingerprint density at radius 1 is 1.52 bits per heavy atom. The zero-order valence-corrected chi connectivity index (χ0v) is 12.9. The fourth-order valence-corrected chi connectivity index (χ4v) is 3.72. The summed E-state index contributed by atoms with van der Waals surface area (Å²) < 4.78 is 2.19. The fourth-order valence-electron chi connectivity index (χ4n) is 2.98. The number of carbonyl (C=O) groups is 1. The second-order valence-corrected chi connectivity index (χ2v) is 6.68. The van der Waals surface area contributed by atoms with Crippen LogP contribution in [0.15, 0.2) is 23.6 Å². The lowest BCUT2D eigenvalue weighted by molar-refractivity contribution is -0.133. The highest BCUT2D eigenvalue weighted by atomic mass is 32.2. The second-order valence-electron chi connectivity index (χ2n) is 5.73. The van der Waals surface area contributed by atoms with Gasteiger partial charge < -0.3 is 9.67 Å². The Hall–Kier alpha value is -1.56. The van der Waals surface area contributed by atoms with Crippen LogP contribution in [-0.4, -0.2) is 31.4 Å². The lowest BCUT2D eigenvalue weighted by atomic mass is 9.67. The van der Waals surface area contributed by atoms with Gasteiger partial charge in [-0.25, -0.2) is 4.98 Å². The molecular formula is C15H19N3O2S. The highest BCUT2D eigenvalue weighted by molar-refractivity contribution is 7.99. The third-order valence-electron chi connectivity index (χ3n) is 4.50. The predicted molar refractivity (Wildman–Crippen MR) is 82.5 cm³/mol. The minimum Gasteiger partial charge on any atom is -0.481 e. The van der Waals surface area contributed by atoms with E-state index in [1.807, 2.05) is 6.07 Å². The average Bonchev–Trinajstić information content (AvgIpc) is 2.78. The van der Waals surface area contributed by atoms with E-state index in [1.165, 1.54) is 31.0 Å². The maximum absolute atomic E-state index is 10.8. The standard InChI is InChI=1S/C15H19N3O2S/c1-2-15(5-3-6-15)10-18-12-4-7-16-8-11(12)17-14(18)21-9-13(19)20/h4,7-8H,2-3,5-6,9-10H2,1H3,(H,19,20). The number of fused-ring (bicyclic) bond motifs is 1. The summed E-state index contributed by atoms with van der Waals surface area (Å²) in [6.07, 6.45) is 8.45. The van der Waals surface area contributed by atoms with E-state index in [0.29, 0.717) is 5.41 Å². The predicted octanol–water partition coefficient (Wildman–Crippen LogP) is 3.19. The number of thioether (sulfide) groups is 1. The van der Waals surface area contributed by atoms with Crippen LogP contribution in [0.1, 0.15) is 32.6 Å². The van der Waals surface area contributed by atoms with E-state index in [9.17, 15) is 4.79 Å². The van der Waals surface area contributed by atoms with Crippen LogP contribution < -0.4 is 0 Å². The van der Waals surface area contributed by atoms with Gasteiger partial charge in [0.25, 0.3) is 0 Å². The Balaban J connectivity index is 1.96. The first-order valence-corrected chi connectivity index (χ1v) is 8.27. The molecule has 0 aliphatic heterocycles. The van der Waals surface area contributed by atoms with E-state index >= 15 is 0 Å². The number of pyridine rings is 1. The fraction of sp³-hybridized carbons (Fsp3) is 0.533. The number of carboxylic acids is 1. The Morgan fingerprint density at radius 2 is 2.33 bits per heavy atom. The number of carboxylic acid groups (broad SMARTS) is 1. The average molecular weight is 305 g/mol. The van der Waals surface area contributed by atoms with Crippen molar-refractivity contribution >= 4 is 28.8 Å². The first kappa shape index (κ1) is 14.4. The molecule has 0 spiro atoms. The van der Waals surface area contributed by atoms with Gasteiger partial charge in [0.15, 0.2) is 5.16 Å². The minimum absolute atomic E-state index is 0.0376. The topological polar surface area (TPSA) is 68.0 Å². The van der Waals surface area contributed by atoms with Crippen molar-refractivity contribution in [3.05, 3.63) is 18.5 Å². The van der Waals surface area contributed by atoms with Gasteiger partial charge >= 0.3 is 5.97 Å². The van der Waals surface area contributed by atoms with Gasteiger partial charge in [0.05, 0.1) is 17.5 Å². The largest absolute Gasteiger partial charge is 0.481 e. The lowest BCUT2D eigenvalue weighted by Gasteiger charge is -2.42. The van der Waals surface area contributed by atoms with Crippen molar-refractivity contribution in [3.8, 4) is 0 Å². The molecule has 3 rings (SSSR count). The number of imidazole rings is 1. The van der Waals surface area contributed by atoms with Crippen LogP contribution in [0.4, 0.5) is 0 Å². The van der Waals surface area contributed by atoms with Crippen LogP contribution >= 0.6 is 11.8 Å². The van der Waals surface area contributed by atoms with Crippen LogP contribution in [0.3, 0.4) is 0 Å². The Morgan fingerprint density at radius 3 is 2.95 bits per heavy atom. The van der Waals surface area contributed by atoms with Crippen LogP contribution in [0.2, 0.25) is 0 Å². The summed E-state index contributed by atoms with van der Waals surface area (Å²) in [6.45, 7) is 3.16. The maximum Gasteiger partial charge on any atom is 0.313 e. The first-order chi connectivity index (χ1) is 10.1. The van der Waals surface area contributed by atoms with Crippen molar-refractivity contribution < 1.29 is 9.90 Å². The highest BCUT2D eigenvalue weighted by Gasteiger charge is 2.36. The summed E-state index contributed by atoms with van der Waals surface area (Å²) in [5, 5.41) is 9.70. The van der Waals surface area contributed by atoms with Crippen molar-refractivity contribution in [1.29, 1.82) is 0 Å². The summed E-state index contributed by atoms with van der Waals surface area (Å²) in [5.74, 6) is -0.777. The van der Waals surface area contributed by atoms with Gasteiger partial charge in [-0.15, -0.1) is 0 Å². The molecule has 2 heterocycles. The van der Waals surface area contributed by atoms with Crippen molar-refractivity contribution in [2.24, 2.45) is 5.41 Å². The molecule has 1 saturated carbocycles. The Bertz CT molecular complexity index is 658. The molecule has 112 valence electrons. The van der Waals surface area contributed by atoms with Crippen molar-refractivity contribution in [1.82, 2.24) is 14.5 Å². The number of nitrogens with zero attached hydrogens (tertiary/aromatic N) is 3. The molecule has 6 heteroatoms. The van der Waals surface area contributed by atoms with Crippen molar-refractivity contribution in [2.75, 3.05) is 5.75 Å². The molecule has 0 aromatic carbocycles. The van der Waals surface area contributed by atoms with Crippen LogP contribution in [0, 0.1) is 5.41 Å². The molecule has 1 aliphatic rings. The first-order valence-electron chi connectivity index (χ1n) is 7.28. The molecule has 0 bridgehead atoms. The molecule has 0 amide bonds. The zero-order valence-electron chi connectivity index (χ0n) is 12.1. The van der Waals surface area contributed by atoms with Gasteiger partial charge in [0.2, 0.25) is 0 Å². The number of rotatable bonds is 6. The Labute approximate surface area is 127 Å². The molecule has 21 heavy (non-hydrogen) atoms. The van der Waals surface area contributed by atoms with E-state index in [4.69, 9.17) is 5.11 Å². The number of hydrogen-bond donors (Lipinski definition) is 1. The summed E-state index contributed by atoms with van der Waals surface area (Å²) in [7, 11) is 0. The zero-order chi connectivity index (χ0) is 14.9. The molecule has 1 aliphatic carbocycles. The van der Waals surface area contributed by atoms with E-state index in [2.05, 4.69) is 21.5 Å². The van der Waals surface area contributed by atoms with Crippen LogP contribution in [0.25, 0.3) is 11.0 Å². The normalized spacial score (nSPS) is 16.8. The Kier molecular flexibility index (Phi) is 3.89. The van der Waals surface area contributed by atoms with Crippen molar-refractivity contribution in [2.45, 2.75) is 44.3 Å². The van der Waals surface area contributed by atoms with Gasteiger partial charge in [0, 0.05) is 12.7 Å². The molecule has 1 fully saturated rings. The molecule has 2 aromatic heterocycles. The van der Waals surface area contributed by atoms with E-state index in [1.54, 1.807) is 12.4 Å². The summed E-state index contributed by atoms with van der Waals surface area (Å²) in [5.41, 5.74) is 2.25. The summed E-state index contributed by atoms with van der Waals surface area (Å²) in [6, 6.07) is 1.97. The van der Waals surface area contributed by atoms with Gasteiger partial charge in [-0.3, -0.25) is 9.78 Å². The lowest BCUT2D eigenvalue weighted by Crippen LogP contribution is -2.33. The highest BCUT2D eigenvalue weighted by Crippen LogP contribution is 2.46. The molecule has 0 radical (unpaired) electrons. The SMILES string of the molecule is CCC1(Cn2c(SCC(=O)O)nc3cnccc32)CCC1. The monoisotopic (exact) mass is 305 g/mol. The molecule has 2 aromatic rings. The van der Waals surface area contributed by atoms with Gasteiger partial charge in [-0.05, 0) is 30.7 Å². The third-order valence-corrected chi connectivity index (χ3v) is 5.46. The molecule has 1 N–H and O–H groups in total. The van der Waals surface area contributed by atoms with E-state index in [-0.39, 0.29) is 5.75 Å². The second kappa shape index (κ2) is 5.67. The van der Waals surface area contributed by atoms with Gasteiger partial charge in [0.1, 0.15) is 5.52 Å². The quantitative estimate of drug-likeness (QED) is 0.830. The minimum atomic E-state index is -0.814. The third kappa shape index (κ3) is 2.77. The van der Waals surface area contributed by atoms with Gasteiger partial charge in [-0.1, -0.05) is 25.1 Å². The van der Waals surface area contributed by atoms with E-state index in [0.717, 1.165) is 29.2 Å². The maximum atomic E-state index is 10.8. The molecular weight excluding hydrogens is 286 g/mol. The molecule has 0 saturated heterocycles. The summed E-state index contributed by atoms with van der Waals surface area (Å²) >= 11 is 1.29.